The molecule has 0 amide bonds. The molecule has 30 heavy (non-hydrogen) atoms. The van der Waals surface area contributed by atoms with E-state index in [1.165, 1.54) is 16.6 Å². The van der Waals surface area contributed by atoms with E-state index in [0.29, 0.717) is 23.7 Å². The van der Waals surface area contributed by atoms with E-state index in [4.69, 9.17) is 17.3 Å². The number of benzene rings is 1. The minimum absolute atomic E-state index is 0.00454. The van der Waals surface area contributed by atoms with Gasteiger partial charge in [-0.1, -0.05) is 23.7 Å². The fraction of sp³-hybridized carbons (Fsp3) is 0.500. The number of nitrogens with zero attached hydrogens (tertiary/aromatic N) is 4. The number of carbonyl (C=O) groups is 1. The first-order valence-electron chi connectivity index (χ1n) is 10.0. The predicted octanol–water partition coefficient (Wildman–Crippen LogP) is 1.00. The van der Waals surface area contributed by atoms with Gasteiger partial charge >= 0.3 is 0 Å². The third-order valence-corrected chi connectivity index (χ3v) is 8.31. The van der Waals surface area contributed by atoms with Crippen LogP contribution < -0.4 is 5.73 Å². The molecule has 1 aromatic heterocycles. The lowest BCUT2D eigenvalue weighted by atomic mass is 10.00. The molecule has 1 unspecified atom stereocenters. The van der Waals surface area contributed by atoms with Crippen LogP contribution in [0.4, 0.5) is 0 Å². The van der Waals surface area contributed by atoms with Gasteiger partial charge in [-0.3, -0.25) is 14.7 Å². The number of Topliss-reactive ketones (excluding diaryl/α,β-unsaturated/α-hetero) is 1. The molecule has 0 radical (unpaired) electrons. The summed E-state index contributed by atoms with van der Waals surface area (Å²) in [4.78, 5) is 21.4. The van der Waals surface area contributed by atoms with Gasteiger partial charge in [0.05, 0.1) is 22.6 Å². The lowest BCUT2D eigenvalue weighted by Crippen LogP contribution is -2.50. The van der Waals surface area contributed by atoms with Crippen LogP contribution in [0.15, 0.2) is 35.5 Å². The molecule has 0 saturated carbocycles. The van der Waals surface area contributed by atoms with Gasteiger partial charge in [-0.05, 0) is 19.5 Å². The van der Waals surface area contributed by atoms with E-state index in [1.807, 2.05) is 0 Å². The number of halogens is 1. The number of sulfonamides is 1. The van der Waals surface area contributed by atoms with Gasteiger partial charge in [0.15, 0.2) is 5.78 Å². The van der Waals surface area contributed by atoms with Gasteiger partial charge < -0.3 is 10.6 Å². The van der Waals surface area contributed by atoms with Crippen molar-refractivity contribution in [2.24, 2.45) is 11.7 Å². The quantitative estimate of drug-likeness (QED) is 0.723. The van der Waals surface area contributed by atoms with E-state index in [9.17, 15) is 13.2 Å². The fourth-order valence-electron chi connectivity index (χ4n) is 4.26. The van der Waals surface area contributed by atoms with Crippen LogP contribution >= 0.6 is 11.6 Å². The van der Waals surface area contributed by atoms with Crippen molar-refractivity contribution in [1.29, 1.82) is 0 Å². The summed E-state index contributed by atoms with van der Waals surface area (Å²) in [5, 5.41) is 1.33. The van der Waals surface area contributed by atoms with Crippen molar-refractivity contribution in [2.45, 2.75) is 17.5 Å². The maximum Gasteiger partial charge on any atom is 0.245 e. The number of ketones is 1. The zero-order valence-electron chi connectivity index (χ0n) is 16.9. The van der Waals surface area contributed by atoms with Crippen LogP contribution in [-0.4, -0.2) is 85.8 Å². The van der Waals surface area contributed by atoms with E-state index in [1.54, 1.807) is 18.3 Å². The number of hydrogen-bond donors (Lipinski definition) is 1. The first-order chi connectivity index (χ1) is 14.3. The minimum atomic E-state index is -3.92. The molecule has 8 nitrogen and oxygen atoms in total. The van der Waals surface area contributed by atoms with Crippen LogP contribution in [0.25, 0.3) is 10.8 Å². The normalized spacial score (nSPS) is 24.5. The number of likely N-dealkylation sites (N-methyl/N-ethyl adjacent to an activating group) is 1. The maximum atomic E-state index is 13.4. The Morgan fingerprint density at radius 3 is 2.67 bits per heavy atom. The van der Waals surface area contributed by atoms with Crippen LogP contribution in [0, 0.1) is 5.92 Å². The highest BCUT2D eigenvalue weighted by atomic mass is 35.5. The summed E-state index contributed by atoms with van der Waals surface area (Å²) >= 11 is 6.27. The Balaban J connectivity index is 1.55. The second kappa shape index (κ2) is 8.49. The number of aromatic nitrogens is 1. The van der Waals surface area contributed by atoms with Gasteiger partial charge in [0, 0.05) is 61.8 Å². The molecule has 10 heteroatoms. The van der Waals surface area contributed by atoms with Crippen molar-refractivity contribution in [3.05, 3.63) is 35.6 Å². The average molecular weight is 452 g/mol. The van der Waals surface area contributed by atoms with Gasteiger partial charge in [-0.15, -0.1) is 0 Å². The molecule has 2 aliphatic rings. The summed E-state index contributed by atoms with van der Waals surface area (Å²) in [6.45, 7) is 4.01. The average Bonchev–Trinajstić information content (AvgIpc) is 3.12. The maximum absolute atomic E-state index is 13.4. The molecule has 2 atom stereocenters. The van der Waals surface area contributed by atoms with E-state index in [0.717, 1.165) is 26.2 Å². The van der Waals surface area contributed by atoms with E-state index in [2.05, 4.69) is 21.8 Å². The van der Waals surface area contributed by atoms with Crippen LogP contribution in [0.5, 0.6) is 0 Å². The van der Waals surface area contributed by atoms with Crippen LogP contribution in [0.1, 0.15) is 6.42 Å². The third kappa shape index (κ3) is 3.98. The smallest absolute Gasteiger partial charge is 0.245 e. The molecule has 1 aromatic carbocycles. The van der Waals surface area contributed by atoms with E-state index >= 15 is 0 Å². The Labute approximate surface area is 181 Å². The van der Waals surface area contributed by atoms with Crippen molar-refractivity contribution in [3.8, 4) is 0 Å². The Morgan fingerprint density at radius 1 is 1.20 bits per heavy atom. The van der Waals surface area contributed by atoms with Crippen molar-refractivity contribution in [1.82, 2.24) is 19.1 Å². The Kier molecular flexibility index (Phi) is 6.11. The number of rotatable bonds is 5. The number of piperazine rings is 1. The van der Waals surface area contributed by atoms with E-state index < -0.39 is 22.1 Å². The zero-order valence-corrected chi connectivity index (χ0v) is 18.4. The summed E-state index contributed by atoms with van der Waals surface area (Å²) in [7, 11) is -1.86. The topological polar surface area (TPSA) is 99.8 Å². The highest BCUT2D eigenvalue weighted by Crippen LogP contribution is 2.34. The molecule has 2 aliphatic heterocycles. The van der Waals surface area contributed by atoms with Gasteiger partial charge in [-0.2, -0.15) is 4.31 Å². The highest BCUT2D eigenvalue weighted by Gasteiger charge is 2.43. The third-order valence-electron chi connectivity index (χ3n) is 6.08. The van der Waals surface area contributed by atoms with Crippen molar-refractivity contribution >= 4 is 38.2 Å². The number of fused-ring (bicyclic) bond motifs is 1. The second-order valence-corrected chi connectivity index (χ2v) is 10.3. The van der Waals surface area contributed by atoms with Crippen LogP contribution in [0.2, 0.25) is 5.02 Å². The molecule has 2 aromatic rings. The number of carbonyl (C=O) groups excluding carboxylic acids is 1. The Morgan fingerprint density at radius 2 is 1.93 bits per heavy atom. The first-order valence-corrected chi connectivity index (χ1v) is 11.8. The summed E-state index contributed by atoms with van der Waals surface area (Å²) in [5.41, 5.74) is 6.31. The van der Waals surface area contributed by atoms with Gasteiger partial charge in [0.25, 0.3) is 0 Å². The Bertz CT molecular complexity index is 1050. The highest BCUT2D eigenvalue weighted by molar-refractivity contribution is 7.89. The molecule has 0 aliphatic carbocycles. The van der Waals surface area contributed by atoms with Gasteiger partial charge in [-0.25, -0.2) is 8.42 Å². The van der Waals surface area contributed by atoms with Crippen molar-refractivity contribution < 1.29 is 13.2 Å². The van der Waals surface area contributed by atoms with E-state index in [-0.39, 0.29) is 22.2 Å². The summed E-state index contributed by atoms with van der Waals surface area (Å²) in [6, 6.07) is 4.94. The summed E-state index contributed by atoms with van der Waals surface area (Å²) < 4.78 is 28.1. The summed E-state index contributed by atoms with van der Waals surface area (Å²) in [5.74, 6) is -0.503. The van der Waals surface area contributed by atoms with Gasteiger partial charge in [0.2, 0.25) is 10.0 Å². The molecular formula is C20H26ClN5O3S. The molecule has 0 bridgehead atoms. The second-order valence-electron chi connectivity index (χ2n) is 8.02. The van der Waals surface area contributed by atoms with Crippen LogP contribution in [0.3, 0.4) is 0 Å². The van der Waals surface area contributed by atoms with Gasteiger partial charge in [0.1, 0.15) is 0 Å². The fourth-order valence-corrected chi connectivity index (χ4v) is 6.39. The minimum Gasteiger partial charge on any atom is -0.314 e. The standard InChI is InChI=1S/C20H26ClN5O3S/c1-24-7-9-25(10-8-24)13-17(27)15-5-6-26(20(15)22)30(28,29)18-4-2-3-14-11-23-12-16(21)19(14)18/h2-4,11-12,15,20H,5-10,13,22H2,1H3/t15?,20-/m0/s1. The predicted molar refractivity (Wildman–Crippen MR) is 116 cm³/mol. The molecule has 0 spiro atoms. The number of hydrogen-bond acceptors (Lipinski definition) is 7. The lowest BCUT2D eigenvalue weighted by molar-refractivity contribution is -0.124. The number of pyridine rings is 1. The monoisotopic (exact) mass is 451 g/mol. The number of nitrogens with two attached hydrogens (primary N) is 1. The summed E-state index contributed by atoms with van der Waals surface area (Å²) in [6.07, 6.45) is 2.54. The molecule has 162 valence electrons. The molecule has 2 fully saturated rings. The molecule has 3 heterocycles. The first kappa shape index (κ1) is 21.6. The molecule has 4 rings (SSSR count). The molecule has 2 N–H and O–H groups in total. The van der Waals surface area contributed by atoms with Crippen molar-refractivity contribution in [3.63, 3.8) is 0 Å². The molecule has 2 saturated heterocycles. The van der Waals surface area contributed by atoms with Crippen molar-refractivity contribution in [2.75, 3.05) is 46.3 Å². The largest absolute Gasteiger partial charge is 0.314 e. The Hall–Kier alpha value is -1.62. The van der Waals surface area contributed by atoms with Crippen LogP contribution in [-0.2, 0) is 14.8 Å². The SMILES string of the molecule is CN1CCN(CC(=O)C2CCN(S(=O)(=O)c3cccc4cncc(Cl)c34)[C@@H]2N)CC1. The lowest BCUT2D eigenvalue weighted by Gasteiger charge is -2.32. The molecular weight excluding hydrogens is 426 g/mol. The zero-order chi connectivity index (χ0) is 21.5.